The highest BCUT2D eigenvalue weighted by molar-refractivity contribution is 5.68. The number of pyridine rings is 1. The second-order valence-electron chi connectivity index (χ2n) is 3.73. The molecule has 0 radical (unpaired) electrons. The zero-order chi connectivity index (χ0) is 12.4. The molecule has 2 rings (SSSR count). The summed E-state index contributed by atoms with van der Waals surface area (Å²) in [5.74, 6) is -0.933. The first-order valence-electron chi connectivity index (χ1n) is 5.00. The largest absolute Gasteiger partial charge is 0.396 e. The van der Waals surface area contributed by atoms with Crippen LogP contribution in [0.4, 0.5) is 26.0 Å². The van der Waals surface area contributed by atoms with E-state index in [-0.39, 0.29) is 5.69 Å². The fraction of sp³-hybridized carbons (Fsp3) is 0.0833. The Morgan fingerprint density at radius 1 is 1.12 bits per heavy atom. The number of aryl methyl sites for hydroxylation is 1. The molecule has 3 N–H and O–H groups in total. The van der Waals surface area contributed by atoms with Gasteiger partial charge in [0.1, 0.15) is 11.6 Å². The normalized spacial score (nSPS) is 10.3. The number of halogens is 2. The average Bonchev–Trinajstić information content (AvgIpc) is 2.21. The number of nitrogens with one attached hydrogen (secondary N) is 1. The van der Waals surface area contributed by atoms with Crippen molar-refractivity contribution in [2.75, 3.05) is 11.1 Å². The highest BCUT2D eigenvalue weighted by Gasteiger charge is 2.04. The molecule has 0 amide bonds. The molecule has 0 unspecified atom stereocenters. The lowest BCUT2D eigenvalue weighted by atomic mass is 10.2. The highest BCUT2D eigenvalue weighted by atomic mass is 19.1. The fourth-order valence-corrected chi connectivity index (χ4v) is 1.46. The molecule has 1 aromatic carbocycles. The van der Waals surface area contributed by atoms with Crippen LogP contribution in [0, 0.1) is 18.6 Å². The Hall–Kier alpha value is -2.17. The number of hydrogen-bond donors (Lipinski definition) is 2. The Morgan fingerprint density at radius 2 is 1.76 bits per heavy atom. The molecule has 88 valence electrons. The van der Waals surface area contributed by atoms with Crippen molar-refractivity contribution < 1.29 is 8.78 Å². The highest BCUT2D eigenvalue weighted by Crippen LogP contribution is 2.22. The molecule has 5 heteroatoms. The number of nitrogens with zero attached hydrogens (tertiary/aromatic N) is 1. The van der Waals surface area contributed by atoms with Crippen LogP contribution in [0.25, 0.3) is 0 Å². The summed E-state index contributed by atoms with van der Waals surface area (Å²) < 4.78 is 25.9. The van der Waals surface area contributed by atoms with Gasteiger partial charge in [-0.2, -0.15) is 0 Å². The van der Waals surface area contributed by atoms with Gasteiger partial charge in [-0.25, -0.2) is 13.8 Å². The van der Waals surface area contributed by atoms with Crippen LogP contribution >= 0.6 is 0 Å². The van der Waals surface area contributed by atoms with Crippen molar-refractivity contribution in [3.63, 3.8) is 0 Å². The lowest BCUT2D eigenvalue weighted by Crippen LogP contribution is -2.00. The third-order valence-corrected chi connectivity index (χ3v) is 2.18. The van der Waals surface area contributed by atoms with Crippen molar-refractivity contribution in [1.82, 2.24) is 4.98 Å². The number of benzene rings is 1. The average molecular weight is 235 g/mol. The molecule has 2 aromatic rings. The van der Waals surface area contributed by atoms with Crippen LogP contribution in [0.5, 0.6) is 0 Å². The molecule has 0 atom stereocenters. The van der Waals surface area contributed by atoms with Gasteiger partial charge in [-0.1, -0.05) is 0 Å². The Kier molecular flexibility index (Phi) is 2.91. The molecule has 1 aromatic heterocycles. The molecule has 0 bridgehead atoms. The first-order valence-corrected chi connectivity index (χ1v) is 5.00. The minimum Gasteiger partial charge on any atom is -0.396 e. The lowest BCUT2D eigenvalue weighted by molar-refractivity contribution is 0.584. The molecule has 0 fully saturated rings. The predicted octanol–water partition coefficient (Wildman–Crippen LogP) is 2.99. The van der Waals surface area contributed by atoms with Gasteiger partial charge in [-0.05, 0) is 30.7 Å². The van der Waals surface area contributed by atoms with Gasteiger partial charge in [-0.15, -0.1) is 0 Å². The van der Waals surface area contributed by atoms with Gasteiger partial charge in [0.2, 0.25) is 0 Å². The fourth-order valence-electron chi connectivity index (χ4n) is 1.46. The van der Waals surface area contributed by atoms with E-state index in [1.165, 1.54) is 12.1 Å². The standard InChI is InChI=1S/C12H11F2N3/c1-7-2-11(15)12(16-6-7)17-10-4-8(13)3-9(14)5-10/h2-6H,15H2,1H3,(H,16,17). The van der Waals surface area contributed by atoms with E-state index in [1.54, 1.807) is 12.3 Å². The van der Waals surface area contributed by atoms with Crippen LogP contribution in [0.15, 0.2) is 30.5 Å². The maximum Gasteiger partial charge on any atom is 0.153 e. The number of hydrogen-bond acceptors (Lipinski definition) is 3. The van der Waals surface area contributed by atoms with Crippen LogP contribution in [-0.4, -0.2) is 4.98 Å². The van der Waals surface area contributed by atoms with Gasteiger partial charge in [0.25, 0.3) is 0 Å². The van der Waals surface area contributed by atoms with E-state index in [4.69, 9.17) is 5.73 Å². The summed E-state index contributed by atoms with van der Waals surface area (Å²) in [6.45, 7) is 1.86. The van der Waals surface area contributed by atoms with Gasteiger partial charge in [0, 0.05) is 18.0 Å². The van der Waals surface area contributed by atoms with E-state index in [9.17, 15) is 8.78 Å². The van der Waals surface area contributed by atoms with E-state index < -0.39 is 11.6 Å². The first-order chi connectivity index (χ1) is 8.04. The smallest absolute Gasteiger partial charge is 0.153 e. The van der Waals surface area contributed by atoms with Crippen molar-refractivity contribution in [2.24, 2.45) is 0 Å². The third kappa shape index (κ3) is 2.69. The summed E-state index contributed by atoms with van der Waals surface area (Å²) in [6, 6.07) is 4.87. The van der Waals surface area contributed by atoms with Crippen molar-refractivity contribution in [2.45, 2.75) is 6.92 Å². The monoisotopic (exact) mass is 235 g/mol. The summed E-state index contributed by atoms with van der Waals surface area (Å²) in [5.41, 5.74) is 7.34. The zero-order valence-electron chi connectivity index (χ0n) is 9.17. The maximum absolute atomic E-state index is 13.0. The minimum absolute atomic E-state index is 0.269. The lowest BCUT2D eigenvalue weighted by Gasteiger charge is -2.09. The number of nitrogens with two attached hydrogens (primary N) is 1. The summed E-state index contributed by atoms with van der Waals surface area (Å²) in [5, 5.41) is 2.76. The topological polar surface area (TPSA) is 50.9 Å². The Labute approximate surface area is 97.3 Å². The van der Waals surface area contributed by atoms with E-state index in [0.717, 1.165) is 11.6 Å². The van der Waals surface area contributed by atoms with Crippen LogP contribution in [0.1, 0.15) is 5.56 Å². The predicted molar refractivity (Wildman–Crippen MR) is 63.0 cm³/mol. The zero-order valence-corrected chi connectivity index (χ0v) is 9.17. The second kappa shape index (κ2) is 4.37. The Bertz CT molecular complexity index is 535. The molecule has 0 aliphatic rings. The first kappa shape index (κ1) is 11.3. The van der Waals surface area contributed by atoms with Crippen molar-refractivity contribution in [3.05, 3.63) is 47.7 Å². The molecular formula is C12H11F2N3. The summed E-state index contributed by atoms with van der Waals surface area (Å²) in [6.07, 6.45) is 1.62. The number of nitrogen functional groups attached to an aromatic ring is 1. The van der Waals surface area contributed by atoms with Crippen LogP contribution in [-0.2, 0) is 0 Å². The molecule has 0 aliphatic carbocycles. The van der Waals surface area contributed by atoms with Crippen LogP contribution < -0.4 is 11.1 Å². The van der Waals surface area contributed by atoms with E-state index in [1.807, 2.05) is 6.92 Å². The SMILES string of the molecule is Cc1cnc(Nc2cc(F)cc(F)c2)c(N)c1. The molecule has 0 spiro atoms. The quantitative estimate of drug-likeness (QED) is 0.841. The van der Waals surface area contributed by atoms with Crippen molar-refractivity contribution in [3.8, 4) is 0 Å². The van der Waals surface area contributed by atoms with Gasteiger partial charge in [0.15, 0.2) is 5.82 Å². The maximum atomic E-state index is 13.0. The second-order valence-corrected chi connectivity index (χ2v) is 3.73. The van der Waals surface area contributed by atoms with Gasteiger partial charge < -0.3 is 11.1 Å². The van der Waals surface area contributed by atoms with Crippen LogP contribution in [0.2, 0.25) is 0 Å². The number of rotatable bonds is 2. The third-order valence-electron chi connectivity index (χ3n) is 2.18. The molecule has 0 saturated carbocycles. The summed E-state index contributed by atoms with van der Waals surface area (Å²) in [7, 11) is 0. The van der Waals surface area contributed by atoms with Gasteiger partial charge >= 0.3 is 0 Å². The molecule has 0 saturated heterocycles. The van der Waals surface area contributed by atoms with E-state index in [2.05, 4.69) is 10.3 Å². The van der Waals surface area contributed by atoms with Gasteiger partial charge in [-0.3, -0.25) is 0 Å². The van der Waals surface area contributed by atoms with Crippen molar-refractivity contribution in [1.29, 1.82) is 0 Å². The number of anilines is 3. The summed E-state index contributed by atoms with van der Waals surface area (Å²) in [4.78, 5) is 4.05. The summed E-state index contributed by atoms with van der Waals surface area (Å²) >= 11 is 0. The Balaban J connectivity index is 2.31. The minimum atomic E-state index is -0.654. The molecule has 1 heterocycles. The van der Waals surface area contributed by atoms with Crippen LogP contribution in [0.3, 0.4) is 0 Å². The molecule has 17 heavy (non-hydrogen) atoms. The van der Waals surface area contributed by atoms with E-state index in [0.29, 0.717) is 11.5 Å². The van der Waals surface area contributed by atoms with Crippen molar-refractivity contribution >= 4 is 17.2 Å². The Morgan fingerprint density at radius 3 is 2.35 bits per heavy atom. The molecular weight excluding hydrogens is 224 g/mol. The van der Waals surface area contributed by atoms with E-state index >= 15 is 0 Å². The number of aromatic nitrogens is 1. The molecule has 3 nitrogen and oxygen atoms in total. The molecule has 0 aliphatic heterocycles. The van der Waals surface area contributed by atoms with Gasteiger partial charge in [0.05, 0.1) is 5.69 Å².